The standard InChI is InChI=1S/C13H21NO3S/c1-9(13(16)17)11-7-14(8-11)12(15)6-10-2-4-18-5-3-10/h9-11H,2-8H2,1H3,(H,16,17). The maximum Gasteiger partial charge on any atom is 0.306 e. The van der Waals surface area contributed by atoms with Crippen molar-refractivity contribution in [3.8, 4) is 0 Å². The van der Waals surface area contributed by atoms with Crippen LogP contribution in [0.2, 0.25) is 0 Å². The van der Waals surface area contributed by atoms with E-state index in [0.29, 0.717) is 25.4 Å². The van der Waals surface area contributed by atoms with E-state index in [-0.39, 0.29) is 17.7 Å². The smallest absolute Gasteiger partial charge is 0.306 e. The molecule has 0 bridgehead atoms. The molecule has 0 radical (unpaired) electrons. The average molecular weight is 271 g/mol. The molecule has 102 valence electrons. The zero-order chi connectivity index (χ0) is 13.1. The van der Waals surface area contributed by atoms with E-state index >= 15 is 0 Å². The van der Waals surface area contributed by atoms with Crippen LogP contribution in [0.5, 0.6) is 0 Å². The second-order valence-electron chi connectivity index (χ2n) is 5.45. The number of thioether (sulfide) groups is 1. The van der Waals surface area contributed by atoms with Gasteiger partial charge in [-0.1, -0.05) is 6.92 Å². The van der Waals surface area contributed by atoms with Gasteiger partial charge in [0, 0.05) is 25.4 Å². The number of nitrogens with zero attached hydrogens (tertiary/aromatic N) is 1. The molecule has 2 fully saturated rings. The van der Waals surface area contributed by atoms with Crippen LogP contribution in [-0.4, -0.2) is 46.5 Å². The fourth-order valence-electron chi connectivity index (χ4n) is 2.56. The summed E-state index contributed by atoms with van der Waals surface area (Å²) in [5, 5.41) is 8.90. The van der Waals surface area contributed by atoms with Crippen LogP contribution < -0.4 is 0 Å². The van der Waals surface area contributed by atoms with Gasteiger partial charge in [-0.25, -0.2) is 0 Å². The Hall–Kier alpha value is -0.710. The monoisotopic (exact) mass is 271 g/mol. The Labute approximate surface area is 112 Å². The lowest BCUT2D eigenvalue weighted by Crippen LogP contribution is -2.53. The van der Waals surface area contributed by atoms with Crippen LogP contribution >= 0.6 is 11.8 Å². The normalized spacial score (nSPS) is 23.5. The molecule has 1 unspecified atom stereocenters. The molecule has 2 aliphatic rings. The molecule has 1 N–H and O–H groups in total. The molecule has 4 nitrogen and oxygen atoms in total. The number of rotatable bonds is 4. The number of carbonyl (C=O) groups excluding carboxylic acids is 1. The summed E-state index contributed by atoms with van der Waals surface area (Å²) in [5.41, 5.74) is 0. The highest BCUT2D eigenvalue weighted by atomic mass is 32.2. The van der Waals surface area contributed by atoms with Gasteiger partial charge >= 0.3 is 5.97 Å². The van der Waals surface area contributed by atoms with E-state index in [0.717, 1.165) is 12.8 Å². The molecule has 0 aromatic heterocycles. The molecule has 0 aromatic carbocycles. The van der Waals surface area contributed by atoms with Crippen molar-refractivity contribution in [1.82, 2.24) is 4.90 Å². The first-order valence-corrected chi connectivity index (χ1v) is 7.81. The molecule has 1 amide bonds. The summed E-state index contributed by atoms with van der Waals surface area (Å²) < 4.78 is 0. The Morgan fingerprint density at radius 1 is 1.33 bits per heavy atom. The van der Waals surface area contributed by atoms with E-state index in [2.05, 4.69) is 0 Å². The molecule has 2 rings (SSSR count). The third-order valence-electron chi connectivity index (χ3n) is 4.16. The lowest BCUT2D eigenvalue weighted by Gasteiger charge is -2.42. The largest absolute Gasteiger partial charge is 0.481 e. The van der Waals surface area contributed by atoms with Gasteiger partial charge in [0.15, 0.2) is 0 Å². The van der Waals surface area contributed by atoms with E-state index in [9.17, 15) is 9.59 Å². The Balaban J connectivity index is 1.71. The van der Waals surface area contributed by atoms with Crippen LogP contribution in [0, 0.1) is 17.8 Å². The summed E-state index contributed by atoms with van der Waals surface area (Å²) in [6.45, 7) is 2.99. The molecule has 18 heavy (non-hydrogen) atoms. The predicted octanol–water partition coefficient (Wildman–Crippen LogP) is 1.70. The van der Waals surface area contributed by atoms with Crippen molar-refractivity contribution >= 4 is 23.6 Å². The van der Waals surface area contributed by atoms with Gasteiger partial charge in [-0.15, -0.1) is 0 Å². The first-order valence-electron chi connectivity index (χ1n) is 6.66. The highest BCUT2D eigenvalue weighted by Gasteiger charge is 2.37. The third kappa shape index (κ3) is 3.19. The minimum atomic E-state index is -0.753. The Kier molecular flexibility index (Phi) is 4.54. The van der Waals surface area contributed by atoms with Crippen molar-refractivity contribution in [2.75, 3.05) is 24.6 Å². The van der Waals surface area contributed by atoms with Crippen molar-refractivity contribution in [1.29, 1.82) is 0 Å². The van der Waals surface area contributed by atoms with E-state index in [1.165, 1.54) is 11.5 Å². The number of hydrogen-bond donors (Lipinski definition) is 1. The summed E-state index contributed by atoms with van der Waals surface area (Å²) in [6, 6.07) is 0. The van der Waals surface area contributed by atoms with Gasteiger partial charge < -0.3 is 10.0 Å². The highest BCUT2D eigenvalue weighted by molar-refractivity contribution is 7.99. The van der Waals surface area contributed by atoms with Crippen LogP contribution in [0.1, 0.15) is 26.2 Å². The second-order valence-corrected chi connectivity index (χ2v) is 6.67. The van der Waals surface area contributed by atoms with Gasteiger partial charge in [0.05, 0.1) is 5.92 Å². The zero-order valence-electron chi connectivity index (χ0n) is 10.8. The number of amides is 1. The van der Waals surface area contributed by atoms with Crippen molar-refractivity contribution in [3.63, 3.8) is 0 Å². The second kappa shape index (κ2) is 5.95. The number of likely N-dealkylation sites (tertiary alicyclic amines) is 1. The van der Waals surface area contributed by atoms with Crippen molar-refractivity contribution in [3.05, 3.63) is 0 Å². The van der Waals surface area contributed by atoms with E-state index < -0.39 is 5.97 Å². The van der Waals surface area contributed by atoms with Gasteiger partial charge in [0.25, 0.3) is 0 Å². The van der Waals surface area contributed by atoms with Crippen LogP contribution in [0.3, 0.4) is 0 Å². The topological polar surface area (TPSA) is 57.6 Å². The molecule has 0 aromatic rings. The summed E-state index contributed by atoms with van der Waals surface area (Å²) >= 11 is 1.97. The summed E-state index contributed by atoms with van der Waals surface area (Å²) in [7, 11) is 0. The average Bonchev–Trinajstić information content (AvgIpc) is 2.28. The first kappa shape index (κ1) is 13.7. The maximum atomic E-state index is 12.0. The Morgan fingerprint density at radius 3 is 2.50 bits per heavy atom. The minimum absolute atomic E-state index is 0.147. The molecule has 0 aliphatic carbocycles. The number of carboxylic acids is 1. The number of hydrogen-bond acceptors (Lipinski definition) is 3. The maximum absolute atomic E-state index is 12.0. The van der Waals surface area contributed by atoms with Crippen LogP contribution in [-0.2, 0) is 9.59 Å². The SMILES string of the molecule is CC(C(=O)O)C1CN(C(=O)CC2CCSCC2)C1. The lowest BCUT2D eigenvalue weighted by atomic mass is 9.86. The quantitative estimate of drug-likeness (QED) is 0.845. The van der Waals surface area contributed by atoms with Gasteiger partial charge in [-0.3, -0.25) is 9.59 Å². The Bertz CT molecular complexity index is 322. The predicted molar refractivity (Wildman–Crippen MR) is 71.5 cm³/mol. The van der Waals surface area contributed by atoms with Gasteiger partial charge in [-0.05, 0) is 30.3 Å². The summed E-state index contributed by atoms with van der Waals surface area (Å²) in [5.74, 6) is 2.19. The molecule has 2 saturated heterocycles. The molecular weight excluding hydrogens is 250 g/mol. The number of carbonyl (C=O) groups is 2. The highest BCUT2D eigenvalue weighted by Crippen LogP contribution is 2.29. The molecular formula is C13H21NO3S. The van der Waals surface area contributed by atoms with E-state index in [1.807, 2.05) is 16.7 Å². The molecule has 2 aliphatic heterocycles. The van der Waals surface area contributed by atoms with E-state index in [1.54, 1.807) is 6.92 Å². The number of carboxylic acid groups (broad SMARTS) is 1. The van der Waals surface area contributed by atoms with Crippen LogP contribution in [0.25, 0.3) is 0 Å². The fraction of sp³-hybridized carbons (Fsp3) is 0.846. The van der Waals surface area contributed by atoms with Crippen molar-refractivity contribution < 1.29 is 14.7 Å². The van der Waals surface area contributed by atoms with Gasteiger partial charge in [-0.2, -0.15) is 11.8 Å². The van der Waals surface area contributed by atoms with Gasteiger partial charge in [0.1, 0.15) is 0 Å². The van der Waals surface area contributed by atoms with Gasteiger partial charge in [0.2, 0.25) is 5.91 Å². The molecule has 2 heterocycles. The molecule has 5 heteroatoms. The molecule has 0 saturated carbocycles. The zero-order valence-corrected chi connectivity index (χ0v) is 11.6. The fourth-order valence-corrected chi connectivity index (χ4v) is 3.76. The van der Waals surface area contributed by atoms with Crippen LogP contribution in [0.15, 0.2) is 0 Å². The third-order valence-corrected chi connectivity index (χ3v) is 5.21. The lowest BCUT2D eigenvalue weighted by molar-refractivity contribution is -0.150. The molecule has 0 spiro atoms. The van der Waals surface area contributed by atoms with Crippen LogP contribution in [0.4, 0.5) is 0 Å². The summed E-state index contributed by atoms with van der Waals surface area (Å²) in [6.07, 6.45) is 2.97. The summed E-state index contributed by atoms with van der Waals surface area (Å²) in [4.78, 5) is 24.6. The first-order chi connectivity index (χ1) is 8.58. The van der Waals surface area contributed by atoms with Crippen molar-refractivity contribution in [2.24, 2.45) is 17.8 Å². The minimum Gasteiger partial charge on any atom is -0.481 e. The Morgan fingerprint density at radius 2 is 1.94 bits per heavy atom. The number of aliphatic carboxylic acids is 1. The molecule has 1 atom stereocenters. The van der Waals surface area contributed by atoms with Crippen molar-refractivity contribution in [2.45, 2.75) is 26.2 Å². The van der Waals surface area contributed by atoms with E-state index in [4.69, 9.17) is 5.11 Å².